The standard InChI is InChI=1S/C23H29N3O2/c1-26-13-12-20-17(14-16-8-10-19(28-2)11-9-16)15-21(25-22(20)26)23(27)24-18-6-4-3-5-7-18/h8-11,15,18H,3-7,12-14H2,1-2H3,(H,24,27). The highest BCUT2D eigenvalue weighted by molar-refractivity contribution is 5.93. The fourth-order valence-corrected chi connectivity index (χ4v) is 4.33. The lowest BCUT2D eigenvalue weighted by molar-refractivity contribution is 0.0922. The van der Waals surface area contributed by atoms with Gasteiger partial charge in [0.05, 0.1) is 7.11 Å². The molecule has 1 saturated carbocycles. The first-order valence-electron chi connectivity index (χ1n) is 10.3. The number of carbonyl (C=O) groups is 1. The number of fused-ring (bicyclic) bond motifs is 1. The van der Waals surface area contributed by atoms with E-state index in [1.807, 2.05) is 18.2 Å². The Bertz CT molecular complexity index is 842. The molecule has 1 aromatic carbocycles. The number of hydrogen-bond acceptors (Lipinski definition) is 4. The van der Waals surface area contributed by atoms with Gasteiger partial charge < -0.3 is 15.0 Å². The average Bonchev–Trinajstić information content (AvgIpc) is 3.10. The van der Waals surface area contributed by atoms with Crippen LogP contribution in [0.1, 0.15) is 59.3 Å². The van der Waals surface area contributed by atoms with E-state index in [4.69, 9.17) is 9.72 Å². The van der Waals surface area contributed by atoms with Crippen molar-refractivity contribution in [2.45, 2.75) is 51.0 Å². The first kappa shape index (κ1) is 18.8. The molecule has 0 unspecified atom stereocenters. The zero-order chi connectivity index (χ0) is 19.5. The van der Waals surface area contributed by atoms with Gasteiger partial charge in [-0.1, -0.05) is 31.4 Å². The first-order valence-corrected chi connectivity index (χ1v) is 10.3. The lowest BCUT2D eigenvalue weighted by Gasteiger charge is -2.23. The van der Waals surface area contributed by atoms with E-state index in [-0.39, 0.29) is 5.91 Å². The molecule has 5 nitrogen and oxygen atoms in total. The molecule has 2 heterocycles. The van der Waals surface area contributed by atoms with Gasteiger partial charge in [0.2, 0.25) is 0 Å². The number of benzene rings is 1. The Morgan fingerprint density at radius 1 is 1.21 bits per heavy atom. The molecule has 4 rings (SSSR count). The quantitative estimate of drug-likeness (QED) is 0.860. The van der Waals surface area contributed by atoms with Crippen LogP contribution in [-0.2, 0) is 12.8 Å². The van der Waals surface area contributed by atoms with Gasteiger partial charge in [0, 0.05) is 25.2 Å². The molecule has 28 heavy (non-hydrogen) atoms. The molecule has 1 aliphatic carbocycles. The van der Waals surface area contributed by atoms with Gasteiger partial charge in [-0.25, -0.2) is 4.98 Å². The van der Waals surface area contributed by atoms with Crippen molar-refractivity contribution in [1.29, 1.82) is 0 Å². The zero-order valence-electron chi connectivity index (χ0n) is 16.8. The van der Waals surface area contributed by atoms with Crippen LogP contribution < -0.4 is 15.0 Å². The van der Waals surface area contributed by atoms with Gasteiger partial charge in [0.15, 0.2) is 0 Å². The molecule has 2 aromatic rings. The number of ether oxygens (including phenoxy) is 1. The Morgan fingerprint density at radius 2 is 1.96 bits per heavy atom. The number of methoxy groups -OCH3 is 1. The van der Waals surface area contributed by atoms with E-state index in [0.717, 1.165) is 43.8 Å². The zero-order valence-corrected chi connectivity index (χ0v) is 16.8. The number of pyridine rings is 1. The first-order chi connectivity index (χ1) is 13.6. The van der Waals surface area contributed by atoms with Gasteiger partial charge in [-0.2, -0.15) is 0 Å². The van der Waals surface area contributed by atoms with Crippen LogP contribution >= 0.6 is 0 Å². The number of nitrogens with zero attached hydrogens (tertiary/aromatic N) is 2. The third-order valence-electron chi connectivity index (χ3n) is 5.98. The molecular formula is C23H29N3O2. The lowest BCUT2D eigenvalue weighted by atomic mass is 9.95. The predicted molar refractivity (Wildman–Crippen MR) is 111 cm³/mol. The monoisotopic (exact) mass is 379 g/mol. The highest BCUT2D eigenvalue weighted by Crippen LogP contribution is 2.30. The van der Waals surface area contributed by atoms with Gasteiger partial charge in [0.25, 0.3) is 5.91 Å². The average molecular weight is 380 g/mol. The van der Waals surface area contributed by atoms with Crippen molar-refractivity contribution in [1.82, 2.24) is 10.3 Å². The van der Waals surface area contributed by atoms with Crippen molar-refractivity contribution < 1.29 is 9.53 Å². The Morgan fingerprint density at radius 3 is 2.68 bits per heavy atom. The van der Waals surface area contributed by atoms with Crippen LogP contribution in [0.5, 0.6) is 5.75 Å². The van der Waals surface area contributed by atoms with Crippen LogP contribution in [0.15, 0.2) is 30.3 Å². The predicted octanol–water partition coefficient (Wildman–Crippen LogP) is 3.74. The normalized spacial score (nSPS) is 16.7. The number of likely N-dealkylation sites (N-methyl/N-ethyl adjacent to an activating group) is 1. The summed E-state index contributed by atoms with van der Waals surface area (Å²) < 4.78 is 5.26. The second kappa shape index (κ2) is 8.21. The van der Waals surface area contributed by atoms with E-state index in [2.05, 4.69) is 29.4 Å². The SMILES string of the molecule is COc1ccc(Cc2cc(C(=O)NC3CCCCC3)nc3c2CCN3C)cc1. The number of rotatable bonds is 5. The van der Waals surface area contributed by atoms with Crippen molar-refractivity contribution in [3.05, 3.63) is 52.7 Å². The number of anilines is 1. The minimum Gasteiger partial charge on any atom is -0.497 e. The summed E-state index contributed by atoms with van der Waals surface area (Å²) in [6, 6.07) is 10.4. The van der Waals surface area contributed by atoms with E-state index in [1.165, 1.54) is 36.0 Å². The Kier molecular flexibility index (Phi) is 5.51. The van der Waals surface area contributed by atoms with Crippen LogP contribution in [0.3, 0.4) is 0 Å². The maximum atomic E-state index is 12.9. The highest BCUT2D eigenvalue weighted by Gasteiger charge is 2.25. The summed E-state index contributed by atoms with van der Waals surface area (Å²) in [7, 11) is 3.73. The smallest absolute Gasteiger partial charge is 0.270 e. The summed E-state index contributed by atoms with van der Waals surface area (Å²) >= 11 is 0. The summed E-state index contributed by atoms with van der Waals surface area (Å²) in [6.07, 6.45) is 7.62. The van der Waals surface area contributed by atoms with Crippen LogP contribution in [-0.4, -0.2) is 37.6 Å². The summed E-state index contributed by atoms with van der Waals surface area (Å²) in [4.78, 5) is 19.8. The van der Waals surface area contributed by atoms with E-state index in [1.54, 1.807) is 7.11 Å². The van der Waals surface area contributed by atoms with Crippen molar-refractivity contribution in [3.8, 4) is 5.75 Å². The van der Waals surface area contributed by atoms with Crippen LogP contribution in [0.25, 0.3) is 0 Å². The molecule has 148 valence electrons. The van der Waals surface area contributed by atoms with Gasteiger partial charge in [-0.15, -0.1) is 0 Å². The second-order valence-electron chi connectivity index (χ2n) is 7.97. The molecule has 0 saturated heterocycles. The molecule has 0 spiro atoms. The summed E-state index contributed by atoms with van der Waals surface area (Å²) in [5, 5.41) is 3.21. The van der Waals surface area contributed by atoms with Gasteiger partial charge in [-0.3, -0.25) is 4.79 Å². The third-order valence-corrected chi connectivity index (χ3v) is 5.98. The van der Waals surface area contributed by atoms with Crippen molar-refractivity contribution in [2.24, 2.45) is 0 Å². The number of amides is 1. The summed E-state index contributed by atoms with van der Waals surface area (Å²) in [5.41, 5.74) is 4.23. The van der Waals surface area contributed by atoms with E-state index < -0.39 is 0 Å². The second-order valence-corrected chi connectivity index (χ2v) is 7.97. The van der Waals surface area contributed by atoms with E-state index in [9.17, 15) is 4.79 Å². The van der Waals surface area contributed by atoms with Gasteiger partial charge >= 0.3 is 0 Å². The maximum absolute atomic E-state index is 12.9. The van der Waals surface area contributed by atoms with Crippen molar-refractivity contribution in [3.63, 3.8) is 0 Å². The van der Waals surface area contributed by atoms with Crippen molar-refractivity contribution >= 4 is 11.7 Å². The molecule has 1 aromatic heterocycles. The summed E-state index contributed by atoms with van der Waals surface area (Å²) in [6.45, 7) is 0.950. The molecule has 5 heteroatoms. The molecule has 0 atom stereocenters. The molecule has 0 bridgehead atoms. The highest BCUT2D eigenvalue weighted by atomic mass is 16.5. The van der Waals surface area contributed by atoms with Crippen molar-refractivity contribution in [2.75, 3.05) is 25.6 Å². The Labute approximate surface area is 167 Å². The molecule has 2 aliphatic rings. The molecule has 1 aliphatic heterocycles. The Hall–Kier alpha value is -2.56. The molecule has 0 radical (unpaired) electrons. The molecule has 1 amide bonds. The van der Waals surface area contributed by atoms with E-state index in [0.29, 0.717) is 11.7 Å². The topological polar surface area (TPSA) is 54.5 Å². The van der Waals surface area contributed by atoms with Crippen LogP contribution in [0.2, 0.25) is 0 Å². The largest absolute Gasteiger partial charge is 0.497 e. The number of nitrogens with one attached hydrogen (secondary N) is 1. The van der Waals surface area contributed by atoms with Gasteiger partial charge in [0.1, 0.15) is 17.3 Å². The Balaban J connectivity index is 1.59. The molecular weight excluding hydrogens is 350 g/mol. The van der Waals surface area contributed by atoms with Gasteiger partial charge in [-0.05, 0) is 55.0 Å². The minimum atomic E-state index is -0.0361. The number of hydrogen-bond donors (Lipinski definition) is 1. The molecule has 1 fully saturated rings. The maximum Gasteiger partial charge on any atom is 0.270 e. The van der Waals surface area contributed by atoms with E-state index >= 15 is 0 Å². The third kappa shape index (κ3) is 3.98. The van der Waals surface area contributed by atoms with Crippen LogP contribution in [0.4, 0.5) is 5.82 Å². The minimum absolute atomic E-state index is 0.0361. The summed E-state index contributed by atoms with van der Waals surface area (Å²) in [5.74, 6) is 1.78. The lowest BCUT2D eigenvalue weighted by Crippen LogP contribution is -2.36. The fraction of sp³-hybridized carbons (Fsp3) is 0.478. The number of aromatic nitrogens is 1. The molecule has 1 N–H and O–H groups in total. The fourth-order valence-electron chi connectivity index (χ4n) is 4.33. The van der Waals surface area contributed by atoms with Crippen LogP contribution in [0, 0.1) is 0 Å². The number of carbonyl (C=O) groups excluding carboxylic acids is 1.